The average Bonchev–Trinajstić information content (AvgIpc) is 2.62. The maximum Gasteiger partial charge on any atom is 0.272 e. The zero-order valence-electron chi connectivity index (χ0n) is 14.4. The lowest BCUT2D eigenvalue weighted by Gasteiger charge is -2.30. The molecular formula is C17H27N5O2. The van der Waals surface area contributed by atoms with Gasteiger partial charge >= 0.3 is 0 Å². The first-order valence-electron chi connectivity index (χ1n) is 8.88. The molecule has 1 atom stereocenters. The van der Waals surface area contributed by atoms with E-state index in [1.807, 2.05) is 4.90 Å². The number of morpholine rings is 1. The second-order valence-electron chi connectivity index (χ2n) is 6.64. The number of hydrogen-bond donors (Lipinski definition) is 1. The molecule has 24 heavy (non-hydrogen) atoms. The van der Waals surface area contributed by atoms with Gasteiger partial charge in [-0.25, -0.2) is 9.97 Å². The van der Waals surface area contributed by atoms with Crippen LogP contribution in [0.5, 0.6) is 0 Å². The number of likely N-dealkylation sites (tertiary alicyclic amines) is 1. The van der Waals surface area contributed by atoms with Crippen molar-refractivity contribution >= 4 is 11.9 Å². The predicted molar refractivity (Wildman–Crippen MR) is 92.1 cm³/mol. The van der Waals surface area contributed by atoms with Crippen LogP contribution >= 0.6 is 0 Å². The van der Waals surface area contributed by atoms with E-state index in [1.165, 1.54) is 6.42 Å². The van der Waals surface area contributed by atoms with Crippen molar-refractivity contribution in [2.24, 2.45) is 5.92 Å². The van der Waals surface area contributed by atoms with Crippen LogP contribution < -0.4 is 5.32 Å². The van der Waals surface area contributed by atoms with E-state index in [0.29, 0.717) is 17.6 Å². The average molecular weight is 333 g/mol. The van der Waals surface area contributed by atoms with E-state index in [9.17, 15) is 4.79 Å². The summed E-state index contributed by atoms with van der Waals surface area (Å²) in [6.07, 6.45) is 3.93. The van der Waals surface area contributed by atoms with Crippen LogP contribution in [0.3, 0.4) is 0 Å². The summed E-state index contributed by atoms with van der Waals surface area (Å²) in [6.45, 7) is 9.06. The lowest BCUT2D eigenvalue weighted by molar-refractivity contribution is 0.0398. The molecule has 2 aliphatic rings. The van der Waals surface area contributed by atoms with E-state index in [1.54, 1.807) is 12.3 Å². The van der Waals surface area contributed by atoms with Crippen LogP contribution in [0.1, 0.15) is 30.3 Å². The van der Waals surface area contributed by atoms with Gasteiger partial charge in [-0.2, -0.15) is 0 Å². The number of rotatable bonds is 5. The third-order valence-corrected chi connectivity index (χ3v) is 4.63. The van der Waals surface area contributed by atoms with E-state index in [2.05, 4.69) is 27.1 Å². The normalized spacial score (nSPS) is 22.4. The van der Waals surface area contributed by atoms with Crippen LogP contribution in [0.4, 0.5) is 5.95 Å². The molecule has 132 valence electrons. The zero-order chi connectivity index (χ0) is 16.8. The minimum atomic E-state index is 0.0141. The summed E-state index contributed by atoms with van der Waals surface area (Å²) < 4.78 is 5.34. The number of anilines is 1. The Balaban J connectivity index is 1.52. The van der Waals surface area contributed by atoms with Gasteiger partial charge in [0.25, 0.3) is 5.91 Å². The molecule has 3 rings (SSSR count). The Bertz CT molecular complexity index is 548. The molecular weight excluding hydrogens is 306 g/mol. The highest BCUT2D eigenvalue weighted by molar-refractivity contribution is 5.92. The van der Waals surface area contributed by atoms with Gasteiger partial charge in [-0.3, -0.25) is 9.69 Å². The molecule has 1 N–H and O–H groups in total. The van der Waals surface area contributed by atoms with E-state index < -0.39 is 0 Å². The smallest absolute Gasteiger partial charge is 0.272 e. The highest BCUT2D eigenvalue weighted by Crippen LogP contribution is 2.17. The number of amides is 1. The van der Waals surface area contributed by atoms with E-state index in [0.717, 1.165) is 58.9 Å². The molecule has 1 aromatic rings. The summed E-state index contributed by atoms with van der Waals surface area (Å²) in [5, 5.41) is 3.22. The first-order chi connectivity index (χ1) is 11.7. The molecule has 0 bridgehead atoms. The van der Waals surface area contributed by atoms with Crippen molar-refractivity contribution in [2.75, 3.05) is 57.8 Å². The summed E-state index contributed by atoms with van der Waals surface area (Å²) in [6, 6.07) is 1.70. The molecule has 2 saturated heterocycles. The second kappa shape index (κ2) is 8.39. The summed E-state index contributed by atoms with van der Waals surface area (Å²) in [5.41, 5.74) is 0.480. The first-order valence-corrected chi connectivity index (χ1v) is 8.88. The largest absolute Gasteiger partial charge is 0.379 e. The molecule has 0 spiro atoms. The van der Waals surface area contributed by atoms with Crippen molar-refractivity contribution in [2.45, 2.75) is 19.8 Å². The van der Waals surface area contributed by atoms with Gasteiger partial charge in [-0.15, -0.1) is 0 Å². The number of carbonyl (C=O) groups is 1. The van der Waals surface area contributed by atoms with Crippen molar-refractivity contribution in [3.05, 3.63) is 18.0 Å². The van der Waals surface area contributed by atoms with Crippen LogP contribution in [-0.4, -0.2) is 78.2 Å². The molecule has 1 amide bonds. The van der Waals surface area contributed by atoms with Crippen LogP contribution in [0.25, 0.3) is 0 Å². The highest BCUT2D eigenvalue weighted by atomic mass is 16.5. The van der Waals surface area contributed by atoms with Gasteiger partial charge in [0.15, 0.2) is 0 Å². The molecule has 1 aromatic heterocycles. The fraction of sp³-hybridized carbons (Fsp3) is 0.706. The molecule has 1 unspecified atom stereocenters. The maximum absolute atomic E-state index is 12.6. The second-order valence-corrected chi connectivity index (χ2v) is 6.64. The third-order valence-electron chi connectivity index (χ3n) is 4.63. The first kappa shape index (κ1) is 17.1. The van der Waals surface area contributed by atoms with Gasteiger partial charge in [-0.1, -0.05) is 6.92 Å². The zero-order valence-corrected chi connectivity index (χ0v) is 14.4. The van der Waals surface area contributed by atoms with Gasteiger partial charge in [0.05, 0.1) is 13.2 Å². The predicted octanol–water partition coefficient (Wildman–Crippen LogP) is 1.09. The van der Waals surface area contributed by atoms with Crippen molar-refractivity contribution in [3.8, 4) is 0 Å². The Kier molecular flexibility index (Phi) is 5.98. The molecule has 7 heteroatoms. The number of aromatic nitrogens is 2. The number of carbonyl (C=O) groups excluding carboxylic acids is 1. The molecule has 0 saturated carbocycles. The minimum Gasteiger partial charge on any atom is -0.379 e. The van der Waals surface area contributed by atoms with Gasteiger partial charge in [0.2, 0.25) is 5.95 Å². The standard InChI is InChI=1S/C17H27N5O2/c1-14-3-2-7-22(13-14)16(23)15-4-5-18-17(20-15)19-6-8-21-9-11-24-12-10-21/h4-5,14H,2-3,6-13H2,1H3,(H,18,19,20). The Labute approximate surface area is 143 Å². The van der Waals surface area contributed by atoms with Crippen LogP contribution in [-0.2, 0) is 4.74 Å². The number of piperidine rings is 1. The summed E-state index contributed by atoms with van der Waals surface area (Å²) in [4.78, 5) is 25.5. The minimum absolute atomic E-state index is 0.0141. The van der Waals surface area contributed by atoms with E-state index in [-0.39, 0.29) is 5.91 Å². The van der Waals surface area contributed by atoms with Crippen LogP contribution in [0.15, 0.2) is 12.3 Å². The lowest BCUT2D eigenvalue weighted by Crippen LogP contribution is -2.39. The molecule has 3 heterocycles. The molecule has 0 aliphatic carbocycles. The van der Waals surface area contributed by atoms with Gasteiger partial charge < -0.3 is 15.0 Å². The van der Waals surface area contributed by atoms with Crippen molar-refractivity contribution < 1.29 is 9.53 Å². The molecule has 2 aliphatic heterocycles. The Morgan fingerprint density at radius 1 is 1.38 bits per heavy atom. The van der Waals surface area contributed by atoms with Gasteiger partial charge in [0, 0.05) is 45.5 Å². The van der Waals surface area contributed by atoms with Crippen molar-refractivity contribution in [3.63, 3.8) is 0 Å². The van der Waals surface area contributed by atoms with Crippen LogP contribution in [0.2, 0.25) is 0 Å². The molecule has 7 nitrogen and oxygen atoms in total. The third kappa shape index (κ3) is 4.64. The van der Waals surface area contributed by atoms with Crippen molar-refractivity contribution in [1.29, 1.82) is 0 Å². The lowest BCUT2D eigenvalue weighted by atomic mass is 10.00. The van der Waals surface area contributed by atoms with Crippen LogP contribution in [0, 0.1) is 5.92 Å². The molecule has 2 fully saturated rings. The van der Waals surface area contributed by atoms with E-state index >= 15 is 0 Å². The molecule has 0 aromatic carbocycles. The van der Waals surface area contributed by atoms with Gasteiger partial charge in [0.1, 0.15) is 5.69 Å². The maximum atomic E-state index is 12.6. The quantitative estimate of drug-likeness (QED) is 0.870. The summed E-state index contributed by atoms with van der Waals surface area (Å²) >= 11 is 0. The summed E-state index contributed by atoms with van der Waals surface area (Å²) in [7, 11) is 0. The topological polar surface area (TPSA) is 70.6 Å². The summed E-state index contributed by atoms with van der Waals surface area (Å²) in [5.74, 6) is 1.11. The number of hydrogen-bond acceptors (Lipinski definition) is 6. The Morgan fingerprint density at radius 3 is 3.00 bits per heavy atom. The fourth-order valence-electron chi connectivity index (χ4n) is 3.25. The Morgan fingerprint density at radius 2 is 2.21 bits per heavy atom. The number of nitrogens with one attached hydrogen (secondary N) is 1. The number of ether oxygens (including phenoxy) is 1. The highest BCUT2D eigenvalue weighted by Gasteiger charge is 2.23. The Hall–Kier alpha value is -1.73. The van der Waals surface area contributed by atoms with E-state index in [4.69, 9.17) is 4.74 Å². The molecule has 0 radical (unpaired) electrons. The number of nitrogens with zero attached hydrogens (tertiary/aromatic N) is 4. The van der Waals surface area contributed by atoms with Gasteiger partial charge in [-0.05, 0) is 24.8 Å². The van der Waals surface area contributed by atoms with Crippen molar-refractivity contribution in [1.82, 2.24) is 19.8 Å². The SMILES string of the molecule is CC1CCCN(C(=O)c2ccnc(NCCN3CCOCC3)n2)C1. The monoisotopic (exact) mass is 333 g/mol. The fourth-order valence-corrected chi connectivity index (χ4v) is 3.25.